The third-order valence-corrected chi connectivity index (χ3v) is 4.01. The summed E-state index contributed by atoms with van der Waals surface area (Å²) >= 11 is 0. The molecule has 0 bridgehead atoms. The minimum atomic E-state index is -0.430. The van der Waals surface area contributed by atoms with E-state index in [2.05, 4.69) is 5.32 Å². The minimum Gasteiger partial charge on any atom is -0.461 e. The standard InChI is InChI=1S/C16H18N2O3/c1-3-13-11(10-6-4-5-7-14(10)21-13)9-17-12-8-15(19)18(2)16(12)20/h4-7,12,17H,3,8-9H2,1-2H3. The number of carbonyl (C=O) groups is 2. The molecule has 5 heteroatoms. The summed E-state index contributed by atoms with van der Waals surface area (Å²) in [6.07, 6.45) is 1.02. The summed E-state index contributed by atoms with van der Waals surface area (Å²) in [5, 5.41) is 4.25. The largest absolute Gasteiger partial charge is 0.461 e. The molecule has 1 unspecified atom stereocenters. The van der Waals surface area contributed by atoms with E-state index in [0.717, 1.165) is 28.7 Å². The molecule has 110 valence electrons. The Morgan fingerprint density at radius 2 is 2.10 bits per heavy atom. The number of aryl methyl sites for hydroxylation is 1. The van der Waals surface area contributed by atoms with Gasteiger partial charge in [0.2, 0.25) is 11.8 Å². The van der Waals surface area contributed by atoms with Gasteiger partial charge in [-0.2, -0.15) is 0 Å². The Bertz CT molecular complexity index is 705. The first-order chi connectivity index (χ1) is 10.1. The SMILES string of the molecule is CCc1oc2ccccc2c1CNC1CC(=O)N(C)C1=O. The molecule has 0 saturated carbocycles. The second kappa shape index (κ2) is 5.33. The lowest BCUT2D eigenvalue weighted by molar-refractivity contribution is -0.137. The summed E-state index contributed by atoms with van der Waals surface area (Å²) in [6, 6.07) is 7.44. The van der Waals surface area contributed by atoms with Gasteiger partial charge in [0.05, 0.1) is 12.5 Å². The predicted molar refractivity (Wildman–Crippen MR) is 78.6 cm³/mol. The highest BCUT2D eigenvalue weighted by molar-refractivity contribution is 6.05. The fraction of sp³-hybridized carbons (Fsp3) is 0.375. The maximum absolute atomic E-state index is 11.9. The third kappa shape index (κ3) is 2.34. The van der Waals surface area contributed by atoms with Crippen LogP contribution in [0.15, 0.2) is 28.7 Å². The van der Waals surface area contributed by atoms with Crippen LogP contribution in [0.4, 0.5) is 0 Å². The second-order valence-electron chi connectivity index (χ2n) is 5.28. The van der Waals surface area contributed by atoms with Crippen LogP contribution >= 0.6 is 0 Å². The summed E-state index contributed by atoms with van der Waals surface area (Å²) in [5.41, 5.74) is 1.93. The van der Waals surface area contributed by atoms with Gasteiger partial charge in [-0.15, -0.1) is 0 Å². The van der Waals surface area contributed by atoms with Crippen molar-refractivity contribution < 1.29 is 14.0 Å². The molecule has 5 nitrogen and oxygen atoms in total. The van der Waals surface area contributed by atoms with Gasteiger partial charge in [0.15, 0.2) is 0 Å². The Labute approximate surface area is 122 Å². The van der Waals surface area contributed by atoms with Gasteiger partial charge in [-0.3, -0.25) is 14.5 Å². The van der Waals surface area contributed by atoms with Crippen LogP contribution in [-0.4, -0.2) is 29.8 Å². The van der Waals surface area contributed by atoms with E-state index in [4.69, 9.17) is 4.42 Å². The molecule has 1 aromatic carbocycles. The summed E-state index contributed by atoms with van der Waals surface area (Å²) in [4.78, 5) is 24.6. The molecule has 0 aliphatic carbocycles. The molecule has 1 aromatic heterocycles. The van der Waals surface area contributed by atoms with Crippen LogP contribution in [0.3, 0.4) is 0 Å². The molecule has 1 aliphatic heterocycles. The van der Waals surface area contributed by atoms with E-state index in [0.29, 0.717) is 6.54 Å². The lowest BCUT2D eigenvalue weighted by Crippen LogP contribution is -2.36. The van der Waals surface area contributed by atoms with E-state index in [1.165, 1.54) is 11.9 Å². The van der Waals surface area contributed by atoms with E-state index < -0.39 is 6.04 Å². The number of nitrogens with one attached hydrogen (secondary N) is 1. The highest BCUT2D eigenvalue weighted by Crippen LogP contribution is 2.26. The van der Waals surface area contributed by atoms with Crippen LogP contribution in [0.2, 0.25) is 0 Å². The molecule has 2 aromatic rings. The molecule has 1 fully saturated rings. The number of imide groups is 1. The molecule has 1 aliphatic rings. The molecule has 2 heterocycles. The lowest BCUT2D eigenvalue weighted by atomic mass is 10.1. The maximum Gasteiger partial charge on any atom is 0.246 e. The number of rotatable bonds is 4. The van der Waals surface area contributed by atoms with Crippen LogP contribution in [0, 0.1) is 0 Å². The molecular formula is C16H18N2O3. The Hall–Kier alpha value is -2.14. The van der Waals surface area contributed by atoms with Crippen molar-refractivity contribution in [3.05, 3.63) is 35.6 Å². The van der Waals surface area contributed by atoms with Gasteiger partial charge in [-0.05, 0) is 6.07 Å². The number of para-hydroxylation sites is 1. The number of furan rings is 1. The molecule has 1 atom stereocenters. The van der Waals surface area contributed by atoms with Crippen molar-refractivity contribution in [1.29, 1.82) is 0 Å². The van der Waals surface area contributed by atoms with Gasteiger partial charge in [0.1, 0.15) is 11.3 Å². The zero-order chi connectivity index (χ0) is 15.0. The molecule has 21 heavy (non-hydrogen) atoms. The van der Waals surface area contributed by atoms with Crippen molar-refractivity contribution in [1.82, 2.24) is 10.2 Å². The quantitative estimate of drug-likeness (QED) is 0.871. The number of benzene rings is 1. The monoisotopic (exact) mass is 286 g/mol. The second-order valence-corrected chi connectivity index (χ2v) is 5.28. The van der Waals surface area contributed by atoms with Crippen molar-refractivity contribution in [2.45, 2.75) is 32.4 Å². The van der Waals surface area contributed by atoms with Gasteiger partial charge < -0.3 is 9.73 Å². The zero-order valence-corrected chi connectivity index (χ0v) is 12.2. The number of nitrogens with zero attached hydrogens (tertiary/aromatic N) is 1. The van der Waals surface area contributed by atoms with Crippen LogP contribution in [0.1, 0.15) is 24.7 Å². The van der Waals surface area contributed by atoms with Gasteiger partial charge >= 0.3 is 0 Å². The van der Waals surface area contributed by atoms with Crippen LogP contribution in [0.25, 0.3) is 11.0 Å². The number of amides is 2. The molecule has 0 spiro atoms. The molecule has 0 radical (unpaired) electrons. The molecule has 2 amide bonds. The van der Waals surface area contributed by atoms with Gasteiger partial charge in [0.25, 0.3) is 0 Å². The van der Waals surface area contributed by atoms with E-state index in [1.807, 2.05) is 31.2 Å². The van der Waals surface area contributed by atoms with Crippen molar-refractivity contribution in [3.8, 4) is 0 Å². The van der Waals surface area contributed by atoms with Crippen molar-refractivity contribution >= 4 is 22.8 Å². The number of likely N-dealkylation sites (N-methyl/N-ethyl adjacent to an activating group) is 1. The minimum absolute atomic E-state index is 0.134. The lowest BCUT2D eigenvalue weighted by Gasteiger charge is -2.11. The Morgan fingerprint density at radius 3 is 2.76 bits per heavy atom. The van der Waals surface area contributed by atoms with Crippen molar-refractivity contribution in [2.24, 2.45) is 0 Å². The Kier molecular flexibility index (Phi) is 3.51. The Balaban J connectivity index is 1.82. The van der Waals surface area contributed by atoms with E-state index >= 15 is 0 Å². The first-order valence-electron chi connectivity index (χ1n) is 7.15. The highest BCUT2D eigenvalue weighted by atomic mass is 16.3. The Morgan fingerprint density at radius 1 is 1.33 bits per heavy atom. The van der Waals surface area contributed by atoms with Crippen LogP contribution in [-0.2, 0) is 22.6 Å². The topological polar surface area (TPSA) is 62.6 Å². The highest BCUT2D eigenvalue weighted by Gasteiger charge is 2.35. The predicted octanol–water partition coefficient (Wildman–Crippen LogP) is 1.84. The van der Waals surface area contributed by atoms with E-state index in [1.54, 1.807) is 0 Å². The average Bonchev–Trinajstić information content (AvgIpc) is 2.98. The summed E-state index contributed by atoms with van der Waals surface area (Å²) in [6.45, 7) is 2.57. The average molecular weight is 286 g/mol. The number of fused-ring (bicyclic) bond motifs is 1. The summed E-state index contributed by atoms with van der Waals surface area (Å²) < 4.78 is 5.83. The number of hydrogen-bond donors (Lipinski definition) is 1. The molecule has 3 rings (SSSR count). The number of carbonyl (C=O) groups excluding carboxylic acids is 2. The zero-order valence-electron chi connectivity index (χ0n) is 12.2. The molecule has 1 N–H and O–H groups in total. The molecule has 1 saturated heterocycles. The summed E-state index contributed by atoms with van der Waals surface area (Å²) in [7, 11) is 1.52. The fourth-order valence-corrected chi connectivity index (χ4v) is 2.77. The first-order valence-corrected chi connectivity index (χ1v) is 7.15. The molecular weight excluding hydrogens is 268 g/mol. The third-order valence-electron chi connectivity index (χ3n) is 4.01. The van der Waals surface area contributed by atoms with Gasteiger partial charge in [-0.1, -0.05) is 25.1 Å². The fourth-order valence-electron chi connectivity index (χ4n) is 2.77. The maximum atomic E-state index is 11.9. The summed E-state index contributed by atoms with van der Waals surface area (Å²) in [5.74, 6) is 0.630. The van der Waals surface area contributed by atoms with E-state index in [9.17, 15) is 9.59 Å². The number of likely N-dealkylation sites (tertiary alicyclic amines) is 1. The smallest absolute Gasteiger partial charge is 0.246 e. The van der Waals surface area contributed by atoms with Crippen molar-refractivity contribution in [2.75, 3.05) is 7.05 Å². The normalized spacial score (nSPS) is 19.0. The van der Waals surface area contributed by atoms with Crippen LogP contribution in [0.5, 0.6) is 0 Å². The number of hydrogen-bond acceptors (Lipinski definition) is 4. The first kappa shape index (κ1) is 13.8. The van der Waals surface area contributed by atoms with Gasteiger partial charge in [0, 0.05) is 31.0 Å². The van der Waals surface area contributed by atoms with Gasteiger partial charge in [-0.25, -0.2) is 0 Å². The van der Waals surface area contributed by atoms with Crippen LogP contribution < -0.4 is 5.32 Å². The van der Waals surface area contributed by atoms with Crippen molar-refractivity contribution in [3.63, 3.8) is 0 Å². The van der Waals surface area contributed by atoms with E-state index in [-0.39, 0.29) is 18.2 Å².